The Labute approximate surface area is 124 Å². The zero-order chi connectivity index (χ0) is 15.2. The molecule has 0 unspecified atom stereocenters. The van der Waals surface area contributed by atoms with Gasteiger partial charge in [0, 0.05) is 32.4 Å². The number of anilines is 1. The summed E-state index contributed by atoms with van der Waals surface area (Å²) < 4.78 is 5.35. The summed E-state index contributed by atoms with van der Waals surface area (Å²) in [6, 6.07) is 5.66. The van der Waals surface area contributed by atoms with Gasteiger partial charge in [0.05, 0.1) is 11.7 Å². The lowest BCUT2D eigenvalue weighted by Crippen LogP contribution is -2.50. The highest BCUT2D eigenvalue weighted by molar-refractivity contribution is 5.77. The lowest BCUT2D eigenvalue weighted by Gasteiger charge is -2.35. The van der Waals surface area contributed by atoms with Crippen molar-refractivity contribution in [2.45, 2.75) is 20.0 Å². The van der Waals surface area contributed by atoms with Gasteiger partial charge in [-0.1, -0.05) is 0 Å². The van der Waals surface area contributed by atoms with Crippen LogP contribution in [0.25, 0.3) is 0 Å². The van der Waals surface area contributed by atoms with Crippen LogP contribution in [0.2, 0.25) is 0 Å². The Morgan fingerprint density at radius 3 is 2.62 bits per heavy atom. The van der Waals surface area contributed by atoms with Crippen molar-refractivity contribution in [3.05, 3.63) is 23.9 Å². The molecule has 2 heterocycles. The minimum Gasteiger partial charge on any atom is -0.369 e. The summed E-state index contributed by atoms with van der Waals surface area (Å²) in [4.78, 5) is 20.2. The Morgan fingerprint density at radius 1 is 1.38 bits per heavy atom. The quantitative estimate of drug-likeness (QED) is 0.827. The van der Waals surface area contributed by atoms with Crippen LogP contribution in [0.1, 0.15) is 19.4 Å². The summed E-state index contributed by atoms with van der Waals surface area (Å²) in [6.45, 7) is 6.80. The number of aromatic nitrogens is 1. The van der Waals surface area contributed by atoms with E-state index in [1.54, 1.807) is 12.3 Å². The third kappa shape index (κ3) is 4.17. The molecule has 0 aromatic carbocycles. The van der Waals surface area contributed by atoms with Crippen LogP contribution in [-0.2, 0) is 9.53 Å². The van der Waals surface area contributed by atoms with Gasteiger partial charge < -0.3 is 14.5 Å². The molecule has 0 atom stereocenters. The Morgan fingerprint density at radius 2 is 2.10 bits per heavy atom. The maximum atomic E-state index is 12.0. The summed E-state index contributed by atoms with van der Waals surface area (Å²) in [7, 11) is 0. The van der Waals surface area contributed by atoms with Crippen molar-refractivity contribution in [3.8, 4) is 6.07 Å². The lowest BCUT2D eigenvalue weighted by molar-refractivity contribution is -0.137. The predicted octanol–water partition coefficient (Wildman–Crippen LogP) is 1.03. The molecule has 0 radical (unpaired) electrons. The molecule has 6 nitrogen and oxygen atoms in total. The van der Waals surface area contributed by atoms with Crippen molar-refractivity contribution in [2.75, 3.05) is 37.7 Å². The third-order valence-corrected chi connectivity index (χ3v) is 3.37. The van der Waals surface area contributed by atoms with Crippen LogP contribution in [0.4, 0.5) is 5.82 Å². The molecule has 1 fully saturated rings. The maximum absolute atomic E-state index is 12.0. The molecule has 21 heavy (non-hydrogen) atoms. The first-order valence-corrected chi connectivity index (χ1v) is 7.10. The zero-order valence-electron chi connectivity index (χ0n) is 12.5. The van der Waals surface area contributed by atoms with Gasteiger partial charge >= 0.3 is 0 Å². The van der Waals surface area contributed by atoms with E-state index in [-0.39, 0.29) is 18.6 Å². The number of hydrogen-bond donors (Lipinski definition) is 0. The number of hydrogen-bond acceptors (Lipinski definition) is 5. The summed E-state index contributed by atoms with van der Waals surface area (Å²) in [5, 5.41) is 8.76. The van der Waals surface area contributed by atoms with E-state index in [1.807, 2.05) is 24.8 Å². The average molecular weight is 288 g/mol. The topological polar surface area (TPSA) is 69.5 Å². The molecular weight excluding hydrogens is 268 g/mol. The molecule has 1 aromatic rings. The molecule has 0 bridgehead atoms. The van der Waals surface area contributed by atoms with Gasteiger partial charge in [-0.25, -0.2) is 4.98 Å². The van der Waals surface area contributed by atoms with Crippen LogP contribution in [0.3, 0.4) is 0 Å². The van der Waals surface area contributed by atoms with Crippen LogP contribution in [-0.4, -0.2) is 54.7 Å². The van der Waals surface area contributed by atoms with Gasteiger partial charge in [-0.3, -0.25) is 4.79 Å². The van der Waals surface area contributed by atoms with Gasteiger partial charge in [0.25, 0.3) is 0 Å². The highest BCUT2D eigenvalue weighted by Gasteiger charge is 2.22. The number of pyridine rings is 1. The third-order valence-electron chi connectivity index (χ3n) is 3.37. The molecule has 0 spiro atoms. The number of amides is 1. The molecule has 0 aliphatic carbocycles. The Balaban J connectivity index is 1.85. The first-order valence-electron chi connectivity index (χ1n) is 7.10. The van der Waals surface area contributed by atoms with Gasteiger partial charge in [-0.15, -0.1) is 0 Å². The van der Waals surface area contributed by atoms with E-state index in [9.17, 15) is 4.79 Å². The summed E-state index contributed by atoms with van der Waals surface area (Å²) in [5.74, 6) is 0.885. The fraction of sp³-hybridized carbons (Fsp3) is 0.533. The minimum atomic E-state index is 0.0381. The molecule has 6 heteroatoms. The van der Waals surface area contributed by atoms with Crippen molar-refractivity contribution in [2.24, 2.45) is 0 Å². The van der Waals surface area contributed by atoms with Gasteiger partial charge in [0.2, 0.25) is 5.91 Å². The smallest absolute Gasteiger partial charge is 0.248 e. The van der Waals surface area contributed by atoms with Gasteiger partial charge in [-0.05, 0) is 26.0 Å². The zero-order valence-corrected chi connectivity index (χ0v) is 12.5. The minimum absolute atomic E-state index is 0.0381. The van der Waals surface area contributed by atoms with E-state index in [0.29, 0.717) is 18.7 Å². The van der Waals surface area contributed by atoms with Crippen LogP contribution in [0.5, 0.6) is 0 Å². The Kier molecular flexibility index (Phi) is 5.12. The maximum Gasteiger partial charge on any atom is 0.248 e. The summed E-state index contributed by atoms with van der Waals surface area (Å²) in [5.41, 5.74) is 0.554. The van der Waals surface area contributed by atoms with Crippen molar-refractivity contribution in [1.29, 1.82) is 5.26 Å². The predicted molar refractivity (Wildman–Crippen MR) is 78.8 cm³/mol. The molecule has 2 rings (SSSR count). The number of ether oxygens (including phenoxy) is 1. The largest absolute Gasteiger partial charge is 0.369 e. The molecule has 1 saturated heterocycles. The molecule has 1 amide bonds. The van der Waals surface area contributed by atoms with Crippen molar-refractivity contribution in [3.63, 3.8) is 0 Å². The fourth-order valence-electron chi connectivity index (χ4n) is 2.15. The Bertz CT molecular complexity index is 513. The molecule has 112 valence electrons. The normalized spacial score (nSPS) is 15.1. The lowest BCUT2D eigenvalue weighted by atomic mass is 10.2. The van der Waals surface area contributed by atoms with Crippen LogP contribution < -0.4 is 4.90 Å². The Hall–Kier alpha value is -2.13. The first-order chi connectivity index (χ1) is 10.1. The second kappa shape index (κ2) is 7.04. The average Bonchev–Trinajstić information content (AvgIpc) is 2.53. The molecular formula is C15H20N4O2. The number of carbonyl (C=O) groups is 1. The van der Waals surface area contributed by atoms with Gasteiger partial charge in [0.1, 0.15) is 18.5 Å². The van der Waals surface area contributed by atoms with E-state index >= 15 is 0 Å². The van der Waals surface area contributed by atoms with Gasteiger partial charge in [0.15, 0.2) is 0 Å². The summed E-state index contributed by atoms with van der Waals surface area (Å²) in [6.07, 6.45) is 1.64. The van der Waals surface area contributed by atoms with Crippen LogP contribution >= 0.6 is 0 Å². The van der Waals surface area contributed by atoms with E-state index in [0.717, 1.165) is 18.9 Å². The number of nitriles is 1. The van der Waals surface area contributed by atoms with Crippen molar-refractivity contribution >= 4 is 11.7 Å². The highest BCUT2D eigenvalue weighted by Crippen LogP contribution is 2.14. The molecule has 1 aliphatic heterocycles. The van der Waals surface area contributed by atoms with Gasteiger partial charge in [-0.2, -0.15) is 5.26 Å². The van der Waals surface area contributed by atoms with E-state index in [2.05, 4.69) is 16.0 Å². The monoisotopic (exact) mass is 288 g/mol. The van der Waals surface area contributed by atoms with Crippen LogP contribution in [0, 0.1) is 11.3 Å². The first kappa shape index (κ1) is 15.3. The molecule has 1 aliphatic rings. The second-order valence-corrected chi connectivity index (χ2v) is 5.24. The fourth-order valence-corrected chi connectivity index (χ4v) is 2.15. The van der Waals surface area contributed by atoms with Crippen LogP contribution in [0.15, 0.2) is 18.3 Å². The number of rotatable bonds is 4. The van der Waals surface area contributed by atoms with E-state index < -0.39 is 0 Å². The SMILES string of the molecule is CC(C)OCC(=O)N1CCN(c2ccc(C#N)cn2)CC1. The standard InChI is InChI=1S/C15H20N4O2/c1-12(2)21-11-15(20)19-7-5-18(6-8-19)14-4-3-13(9-16)10-17-14/h3-4,10,12H,5-8,11H2,1-2H3. The second-order valence-electron chi connectivity index (χ2n) is 5.24. The molecule has 0 N–H and O–H groups in total. The highest BCUT2D eigenvalue weighted by atomic mass is 16.5. The molecule has 0 saturated carbocycles. The van der Waals surface area contributed by atoms with Crippen molar-refractivity contribution in [1.82, 2.24) is 9.88 Å². The van der Waals surface area contributed by atoms with Crippen molar-refractivity contribution < 1.29 is 9.53 Å². The summed E-state index contributed by atoms with van der Waals surface area (Å²) >= 11 is 0. The number of piperazine rings is 1. The molecule has 1 aromatic heterocycles. The number of carbonyl (C=O) groups excluding carboxylic acids is 1. The van der Waals surface area contributed by atoms with E-state index in [4.69, 9.17) is 10.00 Å². The van der Waals surface area contributed by atoms with E-state index in [1.165, 1.54) is 0 Å². The number of nitrogens with zero attached hydrogens (tertiary/aromatic N) is 4.